The Hall–Kier alpha value is -1.30. The van der Waals surface area contributed by atoms with Crippen molar-refractivity contribution >= 4 is 12.0 Å². The number of rotatable bonds is 2. The molecule has 1 heterocycles. The Morgan fingerprint density at radius 3 is 2.38 bits per heavy atom. The van der Waals surface area contributed by atoms with Gasteiger partial charge in [-0.05, 0) is 25.7 Å². The van der Waals surface area contributed by atoms with Crippen LogP contribution in [0.3, 0.4) is 0 Å². The van der Waals surface area contributed by atoms with E-state index in [-0.39, 0.29) is 29.9 Å². The Balaban J connectivity index is 1.87. The highest BCUT2D eigenvalue weighted by Crippen LogP contribution is 2.30. The summed E-state index contributed by atoms with van der Waals surface area (Å²) in [4.78, 5) is 27.9. The first-order valence-corrected chi connectivity index (χ1v) is 8.00. The van der Waals surface area contributed by atoms with Crippen LogP contribution < -0.4 is 5.73 Å². The van der Waals surface area contributed by atoms with Gasteiger partial charge in [0.15, 0.2) is 0 Å². The average molecular weight is 297 g/mol. The summed E-state index contributed by atoms with van der Waals surface area (Å²) in [5.41, 5.74) is 6.09. The van der Waals surface area contributed by atoms with Crippen LogP contribution in [0.5, 0.6) is 0 Å². The molecule has 2 rings (SSSR count). The number of nitrogens with zero attached hydrogens (tertiary/aromatic N) is 2. The Labute approximate surface area is 126 Å². The molecule has 6 nitrogen and oxygen atoms in total. The third-order valence-electron chi connectivity index (χ3n) is 4.80. The maximum Gasteiger partial charge on any atom is 0.409 e. The van der Waals surface area contributed by atoms with Crippen LogP contribution >= 0.6 is 0 Å². The molecule has 1 saturated carbocycles. The molecule has 0 bridgehead atoms. The van der Waals surface area contributed by atoms with Gasteiger partial charge in [0.05, 0.1) is 6.61 Å². The molecular weight excluding hydrogens is 270 g/mol. The van der Waals surface area contributed by atoms with Gasteiger partial charge in [0.25, 0.3) is 0 Å². The number of carbonyl (C=O) groups is 2. The molecule has 2 N–H and O–H groups in total. The van der Waals surface area contributed by atoms with E-state index in [0.717, 1.165) is 19.3 Å². The van der Waals surface area contributed by atoms with E-state index >= 15 is 0 Å². The van der Waals surface area contributed by atoms with Crippen LogP contribution in [0.2, 0.25) is 0 Å². The molecular formula is C15H27N3O3. The van der Waals surface area contributed by atoms with Gasteiger partial charge in [0.1, 0.15) is 0 Å². The number of piperazine rings is 1. The fraction of sp³-hybridized carbons (Fsp3) is 0.867. The molecule has 0 aromatic carbocycles. The van der Waals surface area contributed by atoms with Gasteiger partial charge in [0, 0.05) is 38.1 Å². The molecule has 1 aliphatic carbocycles. The lowest BCUT2D eigenvalue weighted by molar-refractivity contribution is -0.140. The molecule has 3 unspecified atom stereocenters. The van der Waals surface area contributed by atoms with Crippen LogP contribution in [-0.4, -0.2) is 60.6 Å². The summed E-state index contributed by atoms with van der Waals surface area (Å²) in [6.45, 7) is 6.56. The molecule has 0 aromatic rings. The van der Waals surface area contributed by atoms with Gasteiger partial charge >= 0.3 is 6.09 Å². The maximum absolute atomic E-state index is 12.6. The van der Waals surface area contributed by atoms with E-state index in [0.29, 0.717) is 32.8 Å². The minimum absolute atomic E-state index is 0.0443. The standard InChI is InChI=1S/C15H27N3O3/c1-3-21-15(20)18-9-7-17(8-10-18)14(19)12-5-4-6-13(16)11(12)2/h11-13H,3-10,16H2,1-2H3. The molecule has 1 aliphatic heterocycles. The molecule has 120 valence electrons. The minimum atomic E-state index is -0.280. The summed E-state index contributed by atoms with van der Waals surface area (Å²) in [6.07, 6.45) is 2.70. The first-order valence-electron chi connectivity index (χ1n) is 8.00. The Morgan fingerprint density at radius 1 is 1.14 bits per heavy atom. The second-order valence-electron chi connectivity index (χ2n) is 6.07. The van der Waals surface area contributed by atoms with Crippen LogP contribution in [-0.2, 0) is 9.53 Å². The summed E-state index contributed by atoms with van der Waals surface area (Å²) >= 11 is 0. The second kappa shape index (κ2) is 7.11. The first-order chi connectivity index (χ1) is 10.0. The van der Waals surface area contributed by atoms with Gasteiger partial charge in [-0.15, -0.1) is 0 Å². The minimum Gasteiger partial charge on any atom is -0.450 e. The van der Waals surface area contributed by atoms with Crippen molar-refractivity contribution in [2.45, 2.75) is 39.2 Å². The molecule has 2 fully saturated rings. The van der Waals surface area contributed by atoms with E-state index in [9.17, 15) is 9.59 Å². The molecule has 3 atom stereocenters. The van der Waals surface area contributed by atoms with Crippen LogP contribution in [0.25, 0.3) is 0 Å². The molecule has 0 radical (unpaired) electrons. The largest absolute Gasteiger partial charge is 0.450 e. The van der Waals surface area contributed by atoms with Gasteiger partial charge < -0.3 is 20.3 Å². The summed E-state index contributed by atoms with van der Waals surface area (Å²) < 4.78 is 4.99. The Bertz CT molecular complexity index is 380. The highest BCUT2D eigenvalue weighted by atomic mass is 16.6. The van der Waals surface area contributed by atoms with Gasteiger partial charge in [0.2, 0.25) is 5.91 Å². The summed E-state index contributed by atoms with van der Waals surface area (Å²) in [5.74, 6) is 0.499. The van der Waals surface area contributed by atoms with Crippen molar-refractivity contribution in [2.24, 2.45) is 17.6 Å². The van der Waals surface area contributed by atoms with E-state index in [2.05, 4.69) is 6.92 Å². The smallest absolute Gasteiger partial charge is 0.409 e. The molecule has 6 heteroatoms. The number of nitrogens with two attached hydrogens (primary N) is 1. The lowest BCUT2D eigenvalue weighted by atomic mass is 9.76. The van der Waals surface area contributed by atoms with Gasteiger partial charge in [-0.3, -0.25) is 4.79 Å². The van der Waals surface area contributed by atoms with E-state index in [4.69, 9.17) is 10.5 Å². The molecule has 21 heavy (non-hydrogen) atoms. The fourth-order valence-corrected chi connectivity index (χ4v) is 3.30. The van der Waals surface area contributed by atoms with E-state index in [1.165, 1.54) is 0 Å². The average Bonchev–Trinajstić information content (AvgIpc) is 2.50. The van der Waals surface area contributed by atoms with Crippen LogP contribution in [0.4, 0.5) is 4.79 Å². The molecule has 0 spiro atoms. The highest BCUT2D eigenvalue weighted by molar-refractivity contribution is 5.79. The fourth-order valence-electron chi connectivity index (χ4n) is 3.30. The van der Waals surface area contributed by atoms with Crippen molar-refractivity contribution < 1.29 is 14.3 Å². The number of hydrogen-bond acceptors (Lipinski definition) is 4. The van der Waals surface area contributed by atoms with Crippen molar-refractivity contribution in [2.75, 3.05) is 32.8 Å². The number of hydrogen-bond donors (Lipinski definition) is 1. The summed E-state index contributed by atoms with van der Waals surface area (Å²) in [5, 5.41) is 0. The highest BCUT2D eigenvalue weighted by Gasteiger charge is 2.36. The monoisotopic (exact) mass is 297 g/mol. The zero-order valence-electron chi connectivity index (χ0n) is 13.1. The van der Waals surface area contributed by atoms with Crippen LogP contribution in [0.1, 0.15) is 33.1 Å². The van der Waals surface area contributed by atoms with Crippen LogP contribution in [0.15, 0.2) is 0 Å². The van der Waals surface area contributed by atoms with E-state index in [1.807, 2.05) is 4.90 Å². The van der Waals surface area contributed by atoms with E-state index < -0.39 is 0 Å². The van der Waals surface area contributed by atoms with E-state index in [1.54, 1.807) is 11.8 Å². The van der Waals surface area contributed by atoms with Gasteiger partial charge in [-0.25, -0.2) is 4.79 Å². The predicted molar refractivity (Wildman–Crippen MR) is 79.7 cm³/mol. The Morgan fingerprint density at radius 2 is 1.76 bits per heavy atom. The number of carbonyl (C=O) groups excluding carboxylic acids is 2. The zero-order valence-corrected chi connectivity index (χ0v) is 13.1. The number of ether oxygens (including phenoxy) is 1. The first kappa shape index (κ1) is 16.1. The molecule has 0 aromatic heterocycles. The van der Waals surface area contributed by atoms with Crippen molar-refractivity contribution in [1.82, 2.24) is 9.80 Å². The molecule has 2 aliphatic rings. The van der Waals surface area contributed by atoms with Crippen molar-refractivity contribution in [3.8, 4) is 0 Å². The Kier molecular flexibility index (Phi) is 5.45. The maximum atomic E-state index is 12.6. The topological polar surface area (TPSA) is 75.9 Å². The molecule has 1 saturated heterocycles. The quantitative estimate of drug-likeness (QED) is 0.826. The lowest BCUT2D eigenvalue weighted by Crippen LogP contribution is -2.54. The second-order valence-corrected chi connectivity index (χ2v) is 6.07. The predicted octanol–water partition coefficient (Wildman–Crippen LogP) is 1.05. The SMILES string of the molecule is CCOC(=O)N1CCN(C(=O)C2CCCC(N)C2C)CC1. The molecule has 2 amide bonds. The van der Waals surface area contributed by atoms with Crippen molar-refractivity contribution in [3.05, 3.63) is 0 Å². The lowest BCUT2D eigenvalue weighted by Gasteiger charge is -2.39. The third-order valence-corrected chi connectivity index (χ3v) is 4.80. The van der Waals surface area contributed by atoms with Gasteiger partial charge in [-0.1, -0.05) is 13.3 Å². The van der Waals surface area contributed by atoms with Crippen LogP contribution in [0, 0.1) is 11.8 Å². The normalized spacial score (nSPS) is 30.1. The summed E-state index contributed by atoms with van der Waals surface area (Å²) in [7, 11) is 0. The zero-order chi connectivity index (χ0) is 15.4. The van der Waals surface area contributed by atoms with Gasteiger partial charge in [-0.2, -0.15) is 0 Å². The van der Waals surface area contributed by atoms with Crippen molar-refractivity contribution in [3.63, 3.8) is 0 Å². The van der Waals surface area contributed by atoms with Crippen molar-refractivity contribution in [1.29, 1.82) is 0 Å². The summed E-state index contributed by atoms with van der Waals surface area (Å²) in [6, 6.07) is 0.133. The number of amides is 2. The third kappa shape index (κ3) is 3.67.